The number of ether oxygens (including phenoxy) is 1. The zero-order valence-corrected chi connectivity index (χ0v) is 29.3. The highest BCUT2D eigenvalue weighted by molar-refractivity contribution is 14.1. The number of carbonyl (C=O) groups is 5. The molecule has 0 spiro atoms. The molecule has 15 nitrogen and oxygen atoms in total. The molecular formula is C20H25I4N9O6. The smallest absolute Gasteiger partial charge is 0.423 e. The Labute approximate surface area is 278 Å². The fourth-order valence-corrected chi connectivity index (χ4v) is 4.66. The lowest BCUT2D eigenvalue weighted by Gasteiger charge is -2.13. The van der Waals surface area contributed by atoms with Gasteiger partial charge in [0, 0.05) is 29.5 Å². The van der Waals surface area contributed by atoms with Crippen molar-refractivity contribution in [2.24, 2.45) is 16.0 Å². The van der Waals surface area contributed by atoms with E-state index in [1.165, 1.54) is 4.90 Å². The number of unbranched alkanes of at least 4 members (excludes halogenated alkanes) is 4. The molecular weight excluding hydrogens is 970 g/mol. The predicted molar refractivity (Wildman–Crippen MR) is 176 cm³/mol. The molecule has 2 rings (SSSR count). The zero-order chi connectivity index (χ0) is 30.0. The van der Waals surface area contributed by atoms with Gasteiger partial charge in [-0.05, 0) is 134 Å². The summed E-state index contributed by atoms with van der Waals surface area (Å²) in [6.07, 6.45) is 4.46. The molecule has 0 unspecified atom stereocenters. The number of halogens is 4. The summed E-state index contributed by atoms with van der Waals surface area (Å²) in [6, 6.07) is 0. The molecule has 2 aliphatic heterocycles. The molecule has 0 fully saturated rings. The van der Waals surface area contributed by atoms with Crippen molar-refractivity contribution in [3.05, 3.63) is 35.2 Å². The highest BCUT2D eigenvalue weighted by Crippen LogP contribution is 2.31. The van der Waals surface area contributed by atoms with E-state index in [-0.39, 0.29) is 19.0 Å². The summed E-state index contributed by atoms with van der Waals surface area (Å²) in [5.74, 6) is -1.64. The number of rotatable bonds is 11. The minimum Gasteiger partial charge on any atom is -0.452 e. The molecule has 0 aromatic heterocycles. The molecule has 0 saturated carbocycles. The number of nitrogens with zero attached hydrogens (tertiary/aromatic N) is 8. The van der Waals surface area contributed by atoms with Crippen molar-refractivity contribution >= 4 is 120 Å². The average Bonchev–Trinajstić information content (AvgIpc) is 3.24. The monoisotopic (exact) mass is 995 g/mol. The van der Waals surface area contributed by atoms with E-state index in [4.69, 9.17) is 16.8 Å². The lowest BCUT2D eigenvalue weighted by atomic mass is 10.2. The number of amides is 5. The highest BCUT2D eigenvalue weighted by Gasteiger charge is 2.41. The second-order valence-electron chi connectivity index (χ2n) is 7.25. The standard InChI is InChI=1S/C9H10I2N4O2.C6H3I2NO4.C5H12N4/c10-6-7(11)9(17)15(8(6)16)5-3-1-2-4-13-14-12;1-13-6(12)9-4(10)2(7)3(8)5(9)11;6-4-2-1-3-5-8-9-7/h1-5H2;1H3;1-6H2. The second kappa shape index (κ2) is 21.5. The van der Waals surface area contributed by atoms with Crippen LogP contribution in [0.3, 0.4) is 0 Å². The SMILES string of the molecule is COC(=O)N1C(=O)C(I)=C(I)C1=O.[N-]=[N+]=NCCCCCN.[N-]=[N+]=NCCCCCN1C(=O)C(I)=C(I)C1=O. The van der Waals surface area contributed by atoms with E-state index in [1.54, 1.807) is 45.2 Å². The van der Waals surface area contributed by atoms with Crippen LogP contribution in [0.4, 0.5) is 4.79 Å². The molecule has 214 valence electrons. The summed E-state index contributed by atoms with van der Waals surface area (Å²) >= 11 is 7.23. The van der Waals surface area contributed by atoms with Gasteiger partial charge in [-0.1, -0.05) is 23.1 Å². The average molecular weight is 995 g/mol. The Morgan fingerprint density at radius 3 is 1.56 bits per heavy atom. The lowest BCUT2D eigenvalue weighted by Crippen LogP contribution is -2.36. The van der Waals surface area contributed by atoms with Crippen molar-refractivity contribution in [3.63, 3.8) is 0 Å². The number of hydrogen-bond donors (Lipinski definition) is 1. The molecule has 0 atom stereocenters. The molecule has 0 bridgehead atoms. The van der Waals surface area contributed by atoms with Gasteiger partial charge in [0.25, 0.3) is 23.6 Å². The Kier molecular flexibility index (Phi) is 20.8. The lowest BCUT2D eigenvalue weighted by molar-refractivity contribution is -0.137. The topological polar surface area (TPSA) is 225 Å². The van der Waals surface area contributed by atoms with Crippen LogP contribution in [0, 0.1) is 0 Å². The maximum Gasteiger partial charge on any atom is 0.423 e. The van der Waals surface area contributed by atoms with Gasteiger partial charge in [0.15, 0.2) is 0 Å². The molecule has 2 heterocycles. The number of hydrogen-bond acceptors (Lipinski definition) is 9. The summed E-state index contributed by atoms with van der Waals surface area (Å²) < 4.78 is 5.78. The zero-order valence-electron chi connectivity index (χ0n) is 20.7. The number of azide groups is 2. The second-order valence-corrected chi connectivity index (χ2v) is 11.6. The first kappa shape index (κ1) is 37.7. The molecule has 2 aliphatic rings. The molecule has 5 amide bonds. The first-order valence-electron chi connectivity index (χ1n) is 11.2. The summed E-state index contributed by atoms with van der Waals surface area (Å²) in [7, 11) is 1.11. The Hall–Kier alpha value is -1.27. The van der Waals surface area contributed by atoms with Gasteiger partial charge in [0.2, 0.25) is 0 Å². The quantitative estimate of drug-likeness (QED) is 0.0694. The molecule has 0 aliphatic carbocycles. The van der Waals surface area contributed by atoms with E-state index in [2.05, 4.69) is 24.8 Å². The van der Waals surface area contributed by atoms with Crippen LogP contribution in [-0.4, -0.2) is 72.8 Å². The van der Waals surface area contributed by atoms with Crippen molar-refractivity contribution in [2.45, 2.75) is 38.5 Å². The van der Waals surface area contributed by atoms with Crippen molar-refractivity contribution < 1.29 is 28.7 Å². The van der Waals surface area contributed by atoms with Crippen molar-refractivity contribution in [3.8, 4) is 0 Å². The van der Waals surface area contributed by atoms with Crippen LogP contribution < -0.4 is 5.73 Å². The van der Waals surface area contributed by atoms with Crippen LogP contribution in [0.15, 0.2) is 24.5 Å². The Morgan fingerprint density at radius 2 is 1.18 bits per heavy atom. The normalized spacial score (nSPS) is 14.4. The van der Waals surface area contributed by atoms with E-state index in [9.17, 15) is 24.0 Å². The van der Waals surface area contributed by atoms with E-state index in [0.717, 1.165) is 52.2 Å². The molecule has 39 heavy (non-hydrogen) atoms. The van der Waals surface area contributed by atoms with Crippen molar-refractivity contribution in [2.75, 3.05) is 33.3 Å². The van der Waals surface area contributed by atoms with Gasteiger partial charge in [-0.3, -0.25) is 24.1 Å². The van der Waals surface area contributed by atoms with Crippen molar-refractivity contribution in [1.82, 2.24) is 9.80 Å². The van der Waals surface area contributed by atoms with Crippen LogP contribution in [-0.2, 0) is 23.9 Å². The Morgan fingerprint density at radius 1 is 0.769 bits per heavy atom. The van der Waals surface area contributed by atoms with Crippen LogP contribution in [0.1, 0.15) is 38.5 Å². The summed E-state index contributed by atoms with van der Waals surface area (Å²) in [4.78, 5) is 63.8. The first-order valence-corrected chi connectivity index (χ1v) is 15.5. The van der Waals surface area contributed by atoms with Crippen LogP contribution in [0.25, 0.3) is 20.9 Å². The van der Waals surface area contributed by atoms with Crippen LogP contribution >= 0.6 is 90.4 Å². The molecule has 0 saturated heterocycles. The van der Waals surface area contributed by atoms with E-state index in [0.29, 0.717) is 31.7 Å². The largest absolute Gasteiger partial charge is 0.452 e. The van der Waals surface area contributed by atoms with E-state index in [1.807, 2.05) is 45.2 Å². The fraction of sp³-hybridized carbons (Fsp3) is 0.550. The van der Waals surface area contributed by atoms with Gasteiger partial charge in [0.05, 0.1) is 21.4 Å². The summed E-state index contributed by atoms with van der Waals surface area (Å²) in [5.41, 5.74) is 21.2. The highest BCUT2D eigenvalue weighted by atomic mass is 127. The maximum atomic E-state index is 11.7. The number of nitrogens with two attached hydrogens (primary N) is 1. The predicted octanol–water partition coefficient (Wildman–Crippen LogP) is 5.55. The minimum atomic E-state index is -0.948. The number of methoxy groups -OCH3 is 1. The van der Waals surface area contributed by atoms with E-state index < -0.39 is 17.9 Å². The number of imide groups is 4. The minimum absolute atomic E-state index is 0.199. The van der Waals surface area contributed by atoms with Gasteiger partial charge in [-0.15, -0.1) is 0 Å². The molecule has 0 radical (unpaired) electrons. The number of carbonyl (C=O) groups excluding carboxylic acids is 5. The molecule has 19 heteroatoms. The maximum absolute atomic E-state index is 11.7. The molecule has 2 N–H and O–H groups in total. The third kappa shape index (κ3) is 12.8. The fourth-order valence-electron chi connectivity index (χ4n) is 2.68. The first-order chi connectivity index (χ1) is 18.5. The van der Waals surface area contributed by atoms with Gasteiger partial charge in [0.1, 0.15) is 0 Å². The van der Waals surface area contributed by atoms with Crippen LogP contribution in [0.5, 0.6) is 0 Å². The van der Waals surface area contributed by atoms with E-state index >= 15 is 0 Å². The molecule has 0 aromatic rings. The van der Waals surface area contributed by atoms with Gasteiger partial charge in [-0.2, -0.15) is 4.90 Å². The van der Waals surface area contributed by atoms with Gasteiger partial charge >= 0.3 is 6.09 Å². The third-order valence-corrected chi connectivity index (χ3v) is 10.7. The van der Waals surface area contributed by atoms with Crippen molar-refractivity contribution in [1.29, 1.82) is 0 Å². The van der Waals surface area contributed by atoms with Gasteiger partial charge in [-0.25, -0.2) is 4.79 Å². The molecule has 0 aromatic carbocycles. The summed E-state index contributed by atoms with van der Waals surface area (Å²) in [6.45, 7) is 2.24. The Balaban J connectivity index is 0.000000585. The Bertz CT molecular complexity index is 1050. The van der Waals surface area contributed by atoms with Gasteiger partial charge < -0.3 is 10.5 Å². The third-order valence-electron chi connectivity index (χ3n) is 4.62. The van der Waals surface area contributed by atoms with Crippen LogP contribution in [0.2, 0.25) is 0 Å². The summed E-state index contributed by atoms with van der Waals surface area (Å²) in [5, 5.41) is 6.80.